The second kappa shape index (κ2) is 12.8. The van der Waals surface area contributed by atoms with E-state index in [2.05, 4.69) is 170 Å². The second-order valence-electron chi connectivity index (χ2n) is 14.0. The molecule has 0 aliphatic rings. The molecule has 0 aliphatic carbocycles. The molecule has 0 aliphatic heterocycles. The fraction of sp³-hybridized carbons (Fsp3) is 0. The molecule has 0 amide bonds. The van der Waals surface area contributed by atoms with E-state index in [9.17, 15) is 0 Å². The molecule has 0 unspecified atom stereocenters. The number of nitrogens with zero attached hydrogens (tertiary/aromatic N) is 3. The summed E-state index contributed by atoms with van der Waals surface area (Å²) in [4.78, 5) is 15.4. The third-order valence-corrected chi connectivity index (χ3v) is 12.0. The Morgan fingerprint density at radius 2 is 0.764 bits per heavy atom. The lowest BCUT2D eigenvalue weighted by Gasteiger charge is -2.11. The van der Waals surface area contributed by atoms with Crippen LogP contribution in [-0.2, 0) is 0 Å². The average molecular weight is 718 g/mol. The van der Waals surface area contributed by atoms with Crippen LogP contribution < -0.4 is 0 Å². The maximum Gasteiger partial charge on any atom is 0.165 e. The molecule has 256 valence electrons. The molecule has 0 fully saturated rings. The van der Waals surface area contributed by atoms with Crippen molar-refractivity contribution in [3.63, 3.8) is 0 Å². The number of fused-ring (bicyclic) bond motifs is 7. The van der Waals surface area contributed by atoms with Crippen molar-refractivity contribution in [2.75, 3.05) is 0 Å². The predicted molar refractivity (Wildman–Crippen MR) is 232 cm³/mol. The van der Waals surface area contributed by atoms with Crippen molar-refractivity contribution in [2.24, 2.45) is 0 Å². The Bertz CT molecular complexity index is 3270. The molecule has 9 aromatic carbocycles. The van der Waals surface area contributed by atoms with E-state index in [4.69, 9.17) is 15.0 Å². The summed E-state index contributed by atoms with van der Waals surface area (Å²) in [5, 5.41) is 9.79. The Hall–Kier alpha value is -7.01. The Labute approximate surface area is 321 Å². The molecule has 3 nitrogen and oxygen atoms in total. The fourth-order valence-electron chi connectivity index (χ4n) is 7.86. The molecule has 2 heterocycles. The third-order valence-electron chi connectivity index (χ3n) is 10.7. The Morgan fingerprint density at radius 1 is 0.273 bits per heavy atom. The smallest absolute Gasteiger partial charge is 0.165 e. The molecular formula is C51H31N3S. The van der Waals surface area contributed by atoms with Gasteiger partial charge in [-0.1, -0.05) is 158 Å². The van der Waals surface area contributed by atoms with E-state index in [1.165, 1.54) is 64.0 Å². The van der Waals surface area contributed by atoms with Crippen LogP contribution in [0.1, 0.15) is 0 Å². The molecule has 0 radical (unpaired) electrons. The summed E-state index contributed by atoms with van der Waals surface area (Å²) in [5.74, 6) is 1.99. The molecule has 0 atom stereocenters. The summed E-state index contributed by atoms with van der Waals surface area (Å²) in [7, 11) is 0. The maximum atomic E-state index is 5.20. The topological polar surface area (TPSA) is 38.7 Å². The van der Waals surface area contributed by atoms with E-state index in [1.807, 2.05) is 29.5 Å². The predicted octanol–water partition coefficient (Wildman–Crippen LogP) is 14.0. The number of aromatic nitrogens is 3. The van der Waals surface area contributed by atoms with Gasteiger partial charge in [0.2, 0.25) is 0 Å². The fourth-order valence-corrected chi connectivity index (χ4v) is 9.20. The number of thiophene rings is 1. The highest BCUT2D eigenvalue weighted by molar-refractivity contribution is 7.27. The van der Waals surface area contributed by atoms with Crippen LogP contribution in [0.15, 0.2) is 188 Å². The largest absolute Gasteiger partial charge is 0.208 e. The van der Waals surface area contributed by atoms with Gasteiger partial charge in [-0.3, -0.25) is 0 Å². The van der Waals surface area contributed by atoms with Crippen molar-refractivity contribution in [3.8, 4) is 56.4 Å². The van der Waals surface area contributed by atoms with Crippen molar-refractivity contribution in [3.05, 3.63) is 188 Å². The molecule has 11 rings (SSSR count). The highest BCUT2D eigenvalue weighted by atomic mass is 32.1. The molecule has 11 aromatic rings. The highest BCUT2D eigenvalue weighted by Crippen LogP contribution is 2.42. The van der Waals surface area contributed by atoms with Crippen LogP contribution in [-0.4, -0.2) is 15.0 Å². The van der Waals surface area contributed by atoms with E-state index >= 15 is 0 Å². The van der Waals surface area contributed by atoms with Gasteiger partial charge in [-0.15, -0.1) is 11.3 Å². The minimum absolute atomic E-state index is 0.654. The van der Waals surface area contributed by atoms with Gasteiger partial charge in [-0.25, -0.2) is 15.0 Å². The van der Waals surface area contributed by atoms with Gasteiger partial charge in [0.05, 0.1) is 0 Å². The van der Waals surface area contributed by atoms with Crippen molar-refractivity contribution >= 4 is 63.8 Å². The second-order valence-corrected chi connectivity index (χ2v) is 15.1. The third kappa shape index (κ3) is 5.54. The van der Waals surface area contributed by atoms with Crippen LogP contribution in [0.25, 0.3) is 109 Å². The van der Waals surface area contributed by atoms with Crippen LogP contribution in [0.5, 0.6) is 0 Å². The Morgan fingerprint density at radius 3 is 1.55 bits per heavy atom. The van der Waals surface area contributed by atoms with E-state index in [0.717, 1.165) is 27.5 Å². The lowest BCUT2D eigenvalue weighted by molar-refractivity contribution is 1.08. The average Bonchev–Trinajstić information content (AvgIpc) is 3.66. The first kappa shape index (κ1) is 31.5. The number of hydrogen-bond donors (Lipinski definition) is 0. The van der Waals surface area contributed by atoms with Gasteiger partial charge < -0.3 is 0 Å². The summed E-state index contributed by atoms with van der Waals surface area (Å²) >= 11 is 1.82. The zero-order chi connectivity index (χ0) is 36.3. The molecule has 0 spiro atoms. The first-order valence-corrected chi connectivity index (χ1v) is 19.3. The summed E-state index contributed by atoms with van der Waals surface area (Å²) in [6, 6.07) is 67.0. The Kier molecular flexibility index (Phi) is 7.35. The van der Waals surface area contributed by atoms with Crippen LogP contribution in [0.2, 0.25) is 0 Å². The van der Waals surface area contributed by atoms with Crippen molar-refractivity contribution < 1.29 is 0 Å². The maximum absolute atomic E-state index is 5.20. The van der Waals surface area contributed by atoms with E-state index < -0.39 is 0 Å². The van der Waals surface area contributed by atoms with Crippen LogP contribution in [0.4, 0.5) is 0 Å². The molecule has 0 bridgehead atoms. The molecular weight excluding hydrogens is 687 g/mol. The van der Waals surface area contributed by atoms with Crippen LogP contribution in [0.3, 0.4) is 0 Å². The number of hydrogen-bond acceptors (Lipinski definition) is 4. The molecule has 0 saturated heterocycles. The first-order valence-electron chi connectivity index (χ1n) is 18.5. The first-order chi connectivity index (χ1) is 27.2. The Balaban J connectivity index is 1.00. The van der Waals surface area contributed by atoms with Crippen LogP contribution in [0, 0.1) is 0 Å². The number of rotatable bonds is 5. The summed E-state index contributed by atoms with van der Waals surface area (Å²) < 4.78 is 2.47. The summed E-state index contributed by atoms with van der Waals surface area (Å²) in [6.07, 6.45) is 0. The summed E-state index contributed by atoms with van der Waals surface area (Å²) in [5.41, 5.74) is 7.72. The highest BCUT2D eigenvalue weighted by Gasteiger charge is 2.18. The molecule has 2 aromatic heterocycles. The van der Waals surface area contributed by atoms with Gasteiger partial charge in [0.1, 0.15) is 0 Å². The van der Waals surface area contributed by atoms with Gasteiger partial charge in [0, 0.05) is 36.9 Å². The lowest BCUT2D eigenvalue weighted by atomic mass is 9.95. The number of benzene rings is 9. The SMILES string of the molecule is c1ccc(-c2nc(-c3ccc4cc(-c5cccc(-c6ccc7ccccc7c6)c5)ccc4c3)nc(-c3cccc4c3sc3c5ccccc5ccc43)n2)cc1. The van der Waals surface area contributed by atoms with E-state index in [1.54, 1.807) is 0 Å². The standard InChI is InChI=1S/C51H31N3S/c1-2-12-34(13-3-1)49-52-50(54-51(53-49)46-19-9-18-44-45-27-26-33-11-6-7-17-43(33)47(45)55-48(44)46)42-25-24-40-30-39(22-23-41(40)31-42)37-16-8-15-36(29-37)38-21-20-32-10-4-5-14-35(32)28-38/h1-31H. The molecule has 0 N–H and O–H groups in total. The zero-order valence-corrected chi connectivity index (χ0v) is 30.5. The van der Waals surface area contributed by atoms with Gasteiger partial charge in [-0.2, -0.15) is 0 Å². The van der Waals surface area contributed by atoms with E-state index in [-0.39, 0.29) is 0 Å². The summed E-state index contributed by atoms with van der Waals surface area (Å²) in [6.45, 7) is 0. The van der Waals surface area contributed by atoms with E-state index in [0.29, 0.717) is 17.5 Å². The van der Waals surface area contributed by atoms with Crippen molar-refractivity contribution in [1.82, 2.24) is 15.0 Å². The minimum Gasteiger partial charge on any atom is -0.208 e. The zero-order valence-electron chi connectivity index (χ0n) is 29.6. The van der Waals surface area contributed by atoms with Gasteiger partial charge >= 0.3 is 0 Å². The molecule has 55 heavy (non-hydrogen) atoms. The van der Waals surface area contributed by atoms with Crippen molar-refractivity contribution in [1.29, 1.82) is 0 Å². The normalized spacial score (nSPS) is 11.6. The minimum atomic E-state index is 0.654. The quantitative estimate of drug-likeness (QED) is 0.178. The van der Waals surface area contributed by atoms with Crippen LogP contribution >= 0.6 is 11.3 Å². The molecule has 4 heteroatoms. The monoisotopic (exact) mass is 717 g/mol. The molecule has 0 saturated carbocycles. The van der Waals surface area contributed by atoms with Crippen molar-refractivity contribution in [2.45, 2.75) is 0 Å². The lowest BCUT2D eigenvalue weighted by Crippen LogP contribution is -2.00. The van der Waals surface area contributed by atoms with Gasteiger partial charge in [-0.05, 0) is 84.9 Å². The van der Waals surface area contributed by atoms with Gasteiger partial charge in [0.25, 0.3) is 0 Å². The van der Waals surface area contributed by atoms with Gasteiger partial charge in [0.15, 0.2) is 17.5 Å².